The number of Topliss-reactive ketones (excluding diaryl/α,β-unsaturated/α-hetero) is 1. The minimum absolute atomic E-state index is 0.128. The number of rotatable bonds is 4. The minimum Gasteiger partial charge on any atom is -0.494 e. The molecule has 0 spiro atoms. The number of hydrogen-bond donors (Lipinski definition) is 0. The van der Waals surface area contributed by atoms with E-state index in [2.05, 4.69) is 0 Å². The Bertz CT molecular complexity index is 399. The van der Waals surface area contributed by atoms with E-state index in [0.29, 0.717) is 29.8 Å². The molecule has 1 aromatic rings. The van der Waals surface area contributed by atoms with Crippen LogP contribution in [0.4, 0.5) is 0 Å². The van der Waals surface area contributed by atoms with E-state index in [1.54, 1.807) is 12.1 Å². The molecule has 0 heterocycles. The topological polar surface area (TPSA) is 43.4 Å². The highest BCUT2D eigenvalue weighted by molar-refractivity contribution is 14.1. The van der Waals surface area contributed by atoms with Crippen LogP contribution < -0.4 is 4.74 Å². The summed E-state index contributed by atoms with van der Waals surface area (Å²) in [6.45, 7) is 3.84. The summed E-state index contributed by atoms with van der Waals surface area (Å²) in [7, 11) is 0. The standard InChI is InChI=1S/C11H11IO3/c1-3-15-8-4-9(7(2)14)10(6-13)11(12)5-8/h4-6H,3H2,1-2H3. The molecular weight excluding hydrogens is 307 g/mol. The molecule has 0 aliphatic carbocycles. The van der Waals surface area contributed by atoms with E-state index in [-0.39, 0.29) is 5.78 Å². The van der Waals surface area contributed by atoms with Gasteiger partial charge < -0.3 is 4.74 Å². The van der Waals surface area contributed by atoms with Gasteiger partial charge in [0.15, 0.2) is 12.1 Å². The van der Waals surface area contributed by atoms with Gasteiger partial charge in [-0.3, -0.25) is 9.59 Å². The normalized spacial score (nSPS) is 9.80. The molecule has 0 aliphatic heterocycles. The highest BCUT2D eigenvalue weighted by Gasteiger charge is 2.12. The summed E-state index contributed by atoms with van der Waals surface area (Å²) in [4.78, 5) is 22.1. The van der Waals surface area contributed by atoms with Gasteiger partial charge >= 0.3 is 0 Å². The molecule has 0 saturated heterocycles. The molecule has 0 fully saturated rings. The summed E-state index contributed by atoms with van der Waals surface area (Å²) < 4.78 is 6.04. The number of hydrogen-bond acceptors (Lipinski definition) is 3. The first-order valence-electron chi connectivity index (χ1n) is 4.52. The Labute approximate surface area is 102 Å². The molecule has 0 saturated carbocycles. The molecule has 0 aliphatic rings. The van der Waals surface area contributed by atoms with Crippen LogP contribution in [0.15, 0.2) is 12.1 Å². The first-order valence-corrected chi connectivity index (χ1v) is 5.60. The maximum atomic E-state index is 11.3. The zero-order chi connectivity index (χ0) is 11.4. The lowest BCUT2D eigenvalue weighted by atomic mass is 10.1. The predicted octanol–water partition coefficient (Wildman–Crippen LogP) is 2.71. The molecular formula is C11H11IO3. The van der Waals surface area contributed by atoms with Crippen LogP contribution in [0.5, 0.6) is 5.75 Å². The van der Waals surface area contributed by atoms with Crippen LogP contribution in [0.25, 0.3) is 0 Å². The number of ketones is 1. The molecule has 0 radical (unpaired) electrons. The van der Waals surface area contributed by atoms with Crippen molar-refractivity contribution in [2.45, 2.75) is 13.8 Å². The van der Waals surface area contributed by atoms with Gasteiger partial charge in [-0.25, -0.2) is 0 Å². The van der Waals surface area contributed by atoms with Crippen LogP contribution >= 0.6 is 22.6 Å². The van der Waals surface area contributed by atoms with Gasteiger partial charge in [0.05, 0.1) is 6.61 Å². The molecule has 80 valence electrons. The SMILES string of the molecule is CCOc1cc(I)c(C=O)c(C(C)=O)c1. The number of benzene rings is 1. The number of ether oxygens (including phenoxy) is 1. The zero-order valence-electron chi connectivity index (χ0n) is 8.54. The van der Waals surface area contributed by atoms with Crippen LogP contribution in [-0.2, 0) is 0 Å². The third kappa shape index (κ3) is 2.77. The van der Waals surface area contributed by atoms with E-state index >= 15 is 0 Å². The Hall–Kier alpha value is -0.910. The summed E-state index contributed by atoms with van der Waals surface area (Å²) >= 11 is 2.02. The Morgan fingerprint density at radius 3 is 2.67 bits per heavy atom. The Morgan fingerprint density at radius 2 is 2.20 bits per heavy atom. The summed E-state index contributed by atoms with van der Waals surface area (Å²) in [5.74, 6) is 0.495. The molecule has 4 heteroatoms. The smallest absolute Gasteiger partial charge is 0.160 e. The van der Waals surface area contributed by atoms with Crippen molar-refractivity contribution in [3.05, 3.63) is 26.8 Å². The second-order valence-corrected chi connectivity index (χ2v) is 4.14. The number of carbonyl (C=O) groups excluding carboxylic acids is 2. The van der Waals surface area contributed by atoms with Gasteiger partial charge in [0, 0.05) is 14.7 Å². The molecule has 1 aromatic carbocycles. The Balaban J connectivity index is 3.31. The van der Waals surface area contributed by atoms with Gasteiger partial charge in [0.2, 0.25) is 0 Å². The first kappa shape index (κ1) is 12.2. The van der Waals surface area contributed by atoms with Gasteiger partial charge in [-0.1, -0.05) is 0 Å². The van der Waals surface area contributed by atoms with Crippen molar-refractivity contribution < 1.29 is 14.3 Å². The summed E-state index contributed by atoms with van der Waals surface area (Å²) in [6, 6.07) is 3.36. The van der Waals surface area contributed by atoms with Gasteiger partial charge in [-0.15, -0.1) is 0 Å². The number of aldehydes is 1. The molecule has 0 amide bonds. The fourth-order valence-electron chi connectivity index (χ4n) is 1.25. The second-order valence-electron chi connectivity index (χ2n) is 2.97. The zero-order valence-corrected chi connectivity index (χ0v) is 10.7. The first-order chi connectivity index (χ1) is 7.10. The van der Waals surface area contributed by atoms with Crippen molar-refractivity contribution in [2.75, 3.05) is 6.61 Å². The van der Waals surface area contributed by atoms with Crippen molar-refractivity contribution in [1.82, 2.24) is 0 Å². The van der Waals surface area contributed by atoms with Crippen LogP contribution in [-0.4, -0.2) is 18.7 Å². The van der Waals surface area contributed by atoms with Crippen molar-refractivity contribution in [3.63, 3.8) is 0 Å². The molecule has 0 aromatic heterocycles. The number of halogens is 1. The average molecular weight is 318 g/mol. The van der Waals surface area contributed by atoms with E-state index in [0.717, 1.165) is 3.57 Å². The molecule has 0 atom stereocenters. The molecule has 1 rings (SSSR count). The summed E-state index contributed by atoms with van der Waals surface area (Å²) in [5.41, 5.74) is 0.854. The van der Waals surface area contributed by atoms with Crippen LogP contribution in [0.3, 0.4) is 0 Å². The van der Waals surface area contributed by atoms with Crippen molar-refractivity contribution in [1.29, 1.82) is 0 Å². The van der Waals surface area contributed by atoms with E-state index in [1.807, 2.05) is 29.5 Å². The van der Waals surface area contributed by atoms with Gasteiger partial charge in [-0.2, -0.15) is 0 Å². The molecule has 15 heavy (non-hydrogen) atoms. The predicted molar refractivity (Wildman–Crippen MR) is 65.7 cm³/mol. The Kier molecular flexibility index (Phi) is 4.26. The molecule has 0 bridgehead atoms. The van der Waals surface area contributed by atoms with Crippen molar-refractivity contribution in [2.24, 2.45) is 0 Å². The molecule has 0 N–H and O–H groups in total. The monoisotopic (exact) mass is 318 g/mol. The largest absolute Gasteiger partial charge is 0.494 e. The quantitative estimate of drug-likeness (QED) is 0.487. The minimum atomic E-state index is -0.128. The van der Waals surface area contributed by atoms with Gasteiger partial charge in [0.25, 0.3) is 0 Å². The Morgan fingerprint density at radius 1 is 1.53 bits per heavy atom. The van der Waals surface area contributed by atoms with Gasteiger partial charge in [-0.05, 0) is 48.6 Å². The fraction of sp³-hybridized carbons (Fsp3) is 0.273. The summed E-state index contributed by atoms with van der Waals surface area (Å²) in [6.07, 6.45) is 0.703. The lowest BCUT2D eigenvalue weighted by Crippen LogP contribution is -2.03. The van der Waals surface area contributed by atoms with Crippen molar-refractivity contribution >= 4 is 34.7 Å². The maximum Gasteiger partial charge on any atom is 0.160 e. The van der Waals surface area contributed by atoms with Crippen LogP contribution in [0.2, 0.25) is 0 Å². The third-order valence-corrected chi connectivity index (χ3v) is 2.80. The van der Waals surface area contributed by atoms with Crippen LogP contribution in [0.1, 0.15) is 34.6 Å². The van der Waals surface area contributed by atoms with E-state index < -0.39 is 0 Å². The third-order valence-electron chi connectivity index (χ3n) is 1.91. The number of carbonyl (C=O) groups is 2. The molecule has 3 nitrogen and oxygen atoms in total. The molecule has 0 unspecified atom stereocenters. The highest BCUT2D eigenvalue weighted by atomic mass is 127. The highest BCUT2D eigenvalue weighted by Crippen LogP contribution is 2.23. The fourth-order valence-corrected chi connectivity index (χ4v) is 1.98. The van der Waals surface area contributed by atoms with Crippen LogP contribution in [0, 0.1) is 3.57 Å². The lowest BCUT2D eigenvalue weighted by Gasteiger charge is -2.08. The second kappa shape index (κ2) is 5.25. The summed E-state index contributed by atoms with van der Waals surface area (Å²) in [5, 5.41) is 0. The van der Waals surface area contributed by atoms with Crippen molar-refractivity contribution in [3.8, 4) is 5.75 Å². The van der Waals surface area contributed by atoms with Gasteiger partial charge in [0.1, 0.15) is 5.75 Å². The van der Waals surface area contributed by atoms with E-state index in [9.17, 15) is 9.59 Å². The van der Waals surface area contributed by atoms with E-state index in [1.165, 1.54) is 6.92 Å². The lowest BCUT2D eigenvalue weighted by molar-refractivity contribution is 0.100. The average Bonchev–Trinajstić information content (AvgIpc) is 2.17. The maximum absolute atomic E-state index is 11.3. The van der Waals surface area contributed by atoms with E-state index in [4.69, 9.17) is 4.74 Å².